The summed E-state index contributed by atoms with van der Waals surface area (Å²) < 4.78 is 12.7. The lowest BCUT2D eigenvalue weighted by Crippen LogP contribution is -2.39. The van der Waals surface area contributed by atoms with Crippen LogP contribution >= 0.6 is 0 Å². The molecule has 0 saturated heterocycles. The molecule has 3 heteroatoms. The van der Waals surface area contributed by atoms with Gasteiger partial charge in [0.15, 0.2) is 0 Å². The van der Waals surface area contributed by atoms with Gasteiger partial charge < -0.3 is 5.32 Å². The third-order valence-electron chi connectivity index (χ3n) is 4.51. The van der Waals surface area contributed by atoms with E-state index in [1.807, 2.05) is 7.05 Å². The Morgan fingerprint density at radius 3 is 2.60 bits per heavy atom. The first-order valence-electron chi connectivity index (χ1n) is 7.74. The van der Waals surface area contributed by atoms with Crippen molar-refractivity contribution in [1.29, 1.82) is 0 Å². The van der Waals surface area contributed by atoms with E-state index in [0.29, 0.717) is 12.0 Å². The fourth-order valence-electron chi connectivity index (χ4n) is 3.20. The Hall–Kier alpha value is -0.670. The van der Waals surface area contributed by atoms with E-state index in [1.54, 1.807) is 0 Å². The summed E-state index contributed by atoms with van der Waals surface area (Å²) in [5, 5.41) is 3.41. The normalized spacial score (nSPS) is 19.8. The van der Waals surface area contributed by atoms with E-state index in [9.17, 15) is 4.21 Å². The van der Waals surface area contributed by atoms with Gasteiger partial charge in [-0.25, -0.2) is 0 Å². The molecule has 1 fully saturated rings. The van der Waals surface area contributed by atoms with Crippen LogP contribution in [0.3, 0.4) is 0 Å². The van der Waals surface area contributed by atoms with Crippen LogP contribution in [0, 0.1) is 19.8 Å². The zero-order valence-electron chi connectivity index (χ0n) is 12.9. The first-order chi connectivity index (χ1) is 9.61. The maximum absolute atomic E-state index is 12.7. The minimum Gasteiger partial charge on any atom is -0.316 e. The summed E-state index contributed by atoms with van der Waals surface area (Å²) in [7, 11) is 1.11. The summed E-state index contributed by atoms with van der Waals surface area (Å²) in [6, 6.07) is 6.64. The Kier molecular flexibility index (Phi) is 5.79. The molecule has 0 spiro atoms. The molecule has 2 nitrogen and oxygen atoms in total. The smallest absolute Gasteiger partial charge is 0.0548 e. The summed E-state index contributed by atoms with van der Waals surface area (Å²) in [4.78, 5) is 1.01. The van der Waals surface area contributed by atoms with E-state index < -0.39 is 10.8 Å². The number of hydrogen-bond donors (Lipinski definition) is 1. The van der Waals surface area contributed by atoms with Crippen molar-refractivity contribution in [1.82, 2.24) is 5.32 Å². The van der Waals surface area contributed by atoms with Gasteiger partial charge in [0.05, 0.1) is 10.8 Å². The zero-order valence-corrected chi connectivity index (χ0v) is 13.8. The Labute approximate surface area is 125 Å². The summed E-state index contributed by atoms with van der Waals surface area (Å²) in [6.45, 7) is 4.12. The number of rotatable bonds is 5. The van der Waals surface area contributed by atoms with Crippen LogP contribution in [0.25, 0.3) is 0 Å². The van der Waals surface area contributed by atoms with Gasteiger partial charge in [-0.2, -0.15) is 0 Å². The average molecular weight is 293 g/mol. The van der Waals surface area contributed by atoms with Gasteiger partial charge in [0.1, 0.15) is 0 Å². The molecule has 0 aromatic heterocycles. The first kappa shape index (κ1) is 15.7. The Bertz CT molecular complexity index is 466. The van der Waals surface area contributed by atoms with Crippen LogP contribution < -0.4 is 5.32 Å². The van der Waals surface area contributed by atoms with Crippen LogP contribution in [0.2, 0.25) is 0 Å². The van der Waals surface area contributed by atoms with Crippen LogP contribution in [-0.4, -0.2) is 23.1 Å². The molecule has 0 radical (unpaired) electrons. The van der Waals surface area contributed by atoms with E-state index in [0.717, 1.165) is 16.2 Å². The van der Waals surface area contributed by atoms with E-state index in [4.69, 9.17) is 0 Å². The first-order valence-corrected chi connectivity index (χ1v) is 9.06. The molecule has 1 aliphatic rings. The van der Waals surface area contributed by atoms with Crippen LogP contribution in [0.5, 0.6) is 0 Å². The number of hydrogen-bond acceptors (Lipinski definition) is 2. The van der Waals surface area contributed by atoms with Gasteiger partial charge in [-0.3, -0.25) is 4.21 Å². The highest BCUT2D eigenvalue weighted by Gasteiger charge is 2.24. The van der Waals surface area contributed by atoms with Crippen LogP contribution in [0.4, 0.5) is 0 Å². The van der Waals surface area contributed by atoms with E-state index >= 15 is 0 Å². The number of aryl methyl sites for hydroxylation is 2. The van der Waals surface area contributed by atoms with Crippen molar-refractivity contribution >= 4 is 10.8 Å². The molecule has 1 N–H and O–H groups in total. The highest BCUT2D eigenvalue weighted by atomic mass is 32.2. The minimum atomic E-state index is -0.899. The molecule has 0 amide bonds. The highest BCUT2D eigenvalue weighted by Crippen LogP contribution is 2.27. The van der Waals surface area contributed by atoms with E-state index in [-0.39, 0.29) is 0 Å². The summed E-state index contributed by atoms with van der Waals surface area (Å²) in [5.41, 5.74) is 2.34. The molecule has 2 atom stereocenters. The molecule has 2 rings (SSSR count). The second kappa shape index (κ2) is 7.37. The lowest BCUT2D eigenvalue weighted by Gasteiger charge is -2.29. The van der Waals surface area contributed by atoms with Gasteiger partial charge in [0.2, 0.25) is 0 Å². The summed E-state index contributed by atoms with van der Waals surface area (Å²) >= 11 is 0. The predicted octanol–water partition coefficient (Wildman–Crippen LogP) is 3.58. The fourth-order valence-corrected chi connectivity index (χ4v) is 4.89. The minimum absolute atomic E-state index is 0.385. The van der Waals surface area contributed by atoms with Crippen LogP contribution in [0.15, 0.2) is 23.1 Å². The highest BCUT2D eigenvalue weighted by molar-refractivity contribution is 7.85. The molecule has 20 heavy (non-hydrogen) atoms. The van der Waals surface area contributed by atoms with Gasteiger partial charge in [0.25, 0.3) is 0 Å². The standard InChI is InChI=1S/C17H27NOS/c1-13-9-10-14(2)17(11-13)20(19)12-16(18-3)15-7-5-4-6-8-15/h9-11,15-16,18H,4-8,12H2,1-3H3. The average Bonchev–Trinajstić information content (AvgIpc) is 2.48. The summed E-state index contributed by atoms with van der Waals surface area (Å²) in [5.74, 6) is 1.44. The van der Waals surface area contributed by atoms with Crippen molar-refractivity contribution in [3.63, 3.8) is 0 Å². The van der Waals surface area contributed by atoms with Gasteiger partial charge >= 0.3 is 0 Å². The van der Waals surface area contributed by atoms with Crippen molar-refractivity contribution in [2.45, 2.75) is 56.9 Å². The van der Waals surface area contributed by atoms with Crippen LogP contribution in [0.1, 0.15) is 43.2 Å². The quantitative estimate of drug-likeness (QED) is 0.899. The largest absolute Gasteiger partial charge is 0.316 e. The van der Waals surface area contributed by atoms with Crippen molar-refractivity contribution in [2.75, 3.05) is 12.8 Å². The van der Waals surface area contributed by atoms with Crippen molar-refractivity contribution in [2.24, 2.45) is 5.92 Å². The molecule has 1 aromatic carbocycles. The lowest BCUT2D eigenvalue weighted by molar-refractivity contribution is 0.294. The summed E-state index contributed by atoms with van der Waals surface area (Å²) in [6.07, 6.45) is 6.61. The van der Waals surface area contributed by atoms with E-state index in [1.165, 1.54) is 37.7 Å². The molecular formula is C17H27NOS. The molecule has 1 aromatic rings. The molecule has 112 valence electrons. The lowest BCUT2D eigenvalue weighted by atomic mass is 9.84. The molecule has 1 saturated carbocycles. The molecule has 0 aliphatic heterocycles. The molecule has 1 aliphatic carbocycles. The maximum atomic E-state index is 12.7. The Morgan fingerprint density at radius 2 is 1.95 bits per heavy atom. The van der Waals surface area contributed by atoms with Gasteiger partial charge in [0, 0.05) is 16.7 Å². The molecule has 0 bridgehead atoms. The Morgan fingerprint density at radius 1 is 1.25 bits per heavy atom. The molecular weight excluding hydrogens is 266 g/mol. The van der Waals surface area contributed by atoms with Crippen molar-refractivity contribution in [3.05, 3.63) is 29.3 Å². The topological polar surface area (TPSA) is 29.1 Å². The van der Waals surface area contributed by atoms with Crippen molar-refractivity contribution in [3.8, 4) is 0 Å². The van der Waals surface area contributed by atoms with Crippen molar-refractivity contribution < 1.29 is 4.21 Å². The second-order valence-corrected chi connectivity index (χ2v) is 7.54. The van der Waals surface area contributed by atoms with Crippen LogP contribution in [-0.2, 0) is 10.8 Å². The molecule has 0 heterocycles. The van der Waals surface area contributed by atoms with Gasteiger partial charge in [-0.15, -0.1) is 0 Å². The fraction of sp³-hybridized carbons (Fsp3) is 0.647. The molecule has 2 unspecified atom stereocenters. The third-order valence-corrected chi connectivity index (χ3v) is 6.10. The second-order valence-electron chi connectivity index (χ2n) is 6.07. The Balaban J connectivity index is 2.06. The van der Waals surface area contributed by atoms with Gasteiger partial charge in [-0.1, -0.05) is 31.4 Å². The monoisotopic (exact) mass is 293 g/mol. The maximum Gasteiger partial charge on any atom is 0.0548 e. The van der Waals surface area contributed by atoms with Gasteiger partial charge in [-0.05, 0) is 56.8 Å². The SMILES string of the molecule is CNC(CS(=O)c1cc(C)ccc1C)C1CCCCC1. The number of nitrogens with one attached hydrogen (secondary N) is 1. The zero-order chi connectivity index (χ0) is 14.5. The number of benzene rings is 1. The predicted molar refractivity (Wildman–Crippen MR) is 86.6 cm³/mol. The van der Waals surface area contributed by atoms with E-state index in [2.05, 4.69) is 37.4 Å². The third kappa shape index (κ3) is 3.92.